The lowest BCUT2D eigenvalue weighted by molar-refractivity contribution is -0.162. The Morgan fingerprint density at radius 2 is 1.65 bits per heavy atom. The van der Waals surface area contributed by atoms with Crippen molar-refractivity contribution >= 4 is 11.9 Å². The Kier molecular flexibility index (Phi) is 19.3. The second-order valence-electron chi connectivity index (χ2n) is 11.7. The number of esters is 1. The Balaban J connectivity index is 2.10. The summed E-state index contributed by atoms with van der Waals surface area (Å²) in [6.45, 7) is 13.4. The van der Waals surface area contributed by atoms with E-state index in [1.807, 2.05) is 60.7 Å². The van der Waals surface area contributed by atoms with E-state index in [0.717, 1.165) is 36.8 Å². The largest absolute Gasteiger partial charge is 0.491 e. The Morgan fingerprint density at radius 1 is 0.913 bits per heavy atom. The first-order chi connectivity index (χ1) is 22.3. The fraction of sp³-hybridized carbons (Fsp3) is 0.526. The van der Waals surface area contributed by atoms with E-state index in [1.165, 1.54) is 4.90 Å². The molecule has 0 aliphatic heterocycles. The van der Waals surface area contributed by atoms with Crippen molar-refractivity contribution in [3.05, 3.63) is 91.0 Å². The smallest absolute Gasteiger partial charge is 0.329 e. The quantitative estimate of drug-likeness (QED) is 0.0489. The minimum Gasteiger partial charge on any atom is -0.491 e. The number of carbonyl (C=O) groups is 2. The summed E-state index contributed by atoms with van der Waals surface area (Å²) in [6, 6.07) is 16.8. The summed E-state index contributed by atoms with van der Waals surface area (Å²) in [7, 11) is 3.24. The van der Waals surface area contributed by atoms with Gasteiger partial charge in [0.2, 0.25) is 5.91 Å². The lowest BCUT2D eigenvalue weighted by atomic mass is 9.96. The number of ether oxygens (including phenoxy) is 5. The summed E-state index contributed by atoms with van der Waals surface area (Å²) in [6.07, 6.45) is 8.20. The molecule has 0 N–H and O–H groups in total. The van der Waals surface area contributed by atoms with Crippen LogP contribution in [0.15, 0.2) is 79.9 Å². The molecule has 46 heavy (non-hydrogen) atoms. The number of hydrogen-bond donors (Lipinski definition) is 0. The number of amides is 1. The zero-order chi connectivity index (χ0) is 33.6. The molecule has 4 atom stereocenters. The Hall–Kier alpha value is -3.46. The molecule has 8 heteroatoms. The molecule has 254 valence electrons. The van der Waals surface area contributed by atoms with Gasteiger partial charge in [-0.05, 0) is 54.9 Å². The van der Waals surface area contributed by atoms with Crippen molar-refractivity contribution < 1.29 is 33.3 Å². The Morgan fingerprint density at radius 3 is 2.30 bits per heavy atom. The maximum absolute atomic E-state index is 13.8. The number of carbonyl (C=O) groups excluding carboxylic acids is 2. The molecule has 2 aromatic carbocycles. The van der Waals surface area contributed by atoms with Gasteiger partial charge in [0, 0.05) is 33.4 Å². The van der Waals surface area contributed by atoms with Gasteiger partial charge in [0.1, 0.15) is 31.3 Å². The molecular weight excluding hydrogens is 582 g/mol. The molecule has 0 unspecified atom stereocenters. The fourth-order valence-corrected chi connectivity index (χ4v) is 5.14. The van der Waals surface area contributed by atoms with E-state index in [1.54, 1.807) is 20.2 Å². The molecule has 0 saturated carbocycles. The summed E-state index contributed by atoms with van der Waals surface area (Å²) < 4.78 is 28.8. The number of rotatable bonds is 25. The second kappa shape index (κ2) is 23.0. The lowest BCUT2D eigenvalue weighted by Gasteiger charge is -2.30. The molecule has 0 aliphatic rings. The minimum absolute atomic E-state index is 0.104. The van der Waals surface area contributed by atoms with Gasteiger partial charge in [-0.2, -0.15) is 0 Å². The van der Waals surface area contributed by atoms with Gasteiger partial charge in [-0.15, -0.1) is 13.2 Å². The van der Waals surface area contributed by atoms with Gasteiger partial charge in [-0.25, -0.2) is 4.79 Å². The summed E-state index contributed by atoms with van der Waals surface area (Å²) in [5, 5.41) is 0. The maximum Gasteiger partial charge on any atom is 0.329 e. The van der Waals surface area contributed by atoms with Gasteiger partial charge >= 0.3 is 5.97 Å². The number of benzene rings is 2. The third-order valence-electron chi connectivity index (χ3n) is 7.80. The zero-order valence-corrected chi connectivity index (χ0v) is 28.4. The molecule has 2 aromatic rings. The molecule has 2 rings (SSSR count). The molecule has 0 heterocycles. The van der Waals surface area contributed by atoms with Crippen molar-refractivity contribution in [3.8, 4) is 5.75 Å². The Labute approximate surface area is 276 Å². The van der Waals surface area contributed by atoms with E-state index in [9.17, 15) is 9.59 Å². The van der Waals surface area contributed by atoms with Crippen molar-refractivity contribution in [3.63, 3.8) is 0 Å². The van der Waals surface area contributed by atoms with Crippen LogP contribution in [-0.4, -0.2) is 69.2 Å². The van der Waals surface area contributed by atoms with Gasteiger partial charge in [-0.3, -0.25) is 4.79 Å². The number of likely N-dealkylation sites (N-methyl/N-ethyl adjacent to an activating group) is 1. The molecule has 0 bridgehead atoms. The van der Waals surface area contributed by atoms with Crippen LogP contribution in [-0.2, 0) is 41.6 Å². The molecule has 0 radical (unpaired) electrons. The van der Waals surface area contributed by atoms with E-state index in [4.69, 9.17) is 23.7 Å². The SMILES string of the molecule is C=CCC(=O)N(C)[C@@H](Cc1ccc(OCCOCc2ccccc2)cc1)C(=O)O[C@@H](CC[C@@H](C)CC=C)C[C@H](CCC)OCOC. The van der Waals surface area contributed by atoms with E-state index >= 15 is 0 Å². The van der Waals surface area contributed by atoms with Crippen LogP contribution in [0.1, 0.15) is 69.9 Å². The molecule has 0 aromatic heterocycles. The summed E-state index contributed by atoms with van der Waals surface area (Å²) in [4.78, 5) is 28.2. The first kappa shape index (κ1) is 38.7. The van der Waals surface area contributed by atoms with E-state index in [-0.39, 0.29) is 31.3 Å². The molecule has 8 nitrogen and oxygen atoms in total. The number of allylic oxidation sites excluding steroid dienone is 1. The molecular formula is C38H55NO7. The zero-order valence-electron chi connectivity index (χ0n) is 28.4. The van der Waals surface area contributed by atoms with Gasteiger partial charge in [-0.1, -0.05) is 74.9 Å². The second-order valence-corrected chi connectivity index (χ2v) is 11.7. The van der Waals surface area contributed by atoms with Crippen LogP contribution in [0.25, 0.3) is 0 Å². The number of nitrogens with zero attached hydrogens (tertiary/aromatic N) is 1. The van der Waals surface area contributed by atoms with Crippen LogP contribution in [0.3, 0.4) is 0 Å². The highest BCUT2D eigenvalue weighted by molar-refractivity contribution is 5.85. The highest BCUT2D eigenvalue weighted by Gasteiger charge is 2.31. The molecule has 0 saturated heterocycles. The van der Waals surface area contributed by atoms with Crippen LogP contribution in [0.2, 0.25) is 0 Å². The standard InChI is InChI=1S/C38H55NO7/c1-7-13-30(4)18-21-35(27-34(14-8-2)45-29-42-6)46-38(41)36(39(5)37(40)15-9-3)26-31-19-22-33(23-20-31)44-25-24-43-28-32-16-11-10-12-17-32/h7,9-12,16-17,19-20,22-23,30,34-36H,1,3,8,13-15,18,21,24-29H2,2,4-6H3/t30-,34-,35-,36-/m0/s1. The van der Waals surface area contributed by atoms with Crippen molar-refractivity contribution in [1.82, 2.24) is 4.90 Å². The predicted octanol–water partition coefficient (Wildman–Crippen LogP) is 7.31. The maximum atomic E-state index is 13.8. The summed E-state index contributed by atoms with van der Waals surface area (Å²) >= 11 is 0. The first-order valence-corrected chi connectivity index (χ1v) is 16.4. The summed E-state index contributed by atoms with van der Waals surface area (Å²) in [5.74, 6) is 0.482. The third-order valence-corrected chi connectivity index (χ3v) is 7.80. The topological polar surface area (TPSA) is 83.5 Å². The van der Waals surface area contributed by atoms with Crippen LogP contribution in [0.5, 0.6) is 5.75 Å². The summed E-state index contributed by atoms with van der Waals surface area (Å²) in [5.41, 5.74) is 2.00. The average Bonchev–Trinajstić information content (AvgIpc) is 3.06. The highest BCUT2D eigenvalue weighted by atomic mass is 16.7. The number of methoxy groups -OCH3 is 1. The Bertz CT molecular complexity index is 1140. The van der Waals surface area contributed by atoms with E-state index < -0.39 is 12.0 Å². The third kappa shape index (κ3) is 15.2. The first-order valence-electron chi connectivity index (χ1n) is 16.4. The van der Waals surface area contributed by atoms with Crippen LogP contribution in [0, 0.1) is 5.92 Å². The van der Waals surface area contributed by atoms with Crippen molar-refractivity contribution in [1.29, 1.82) is 0 Å². The minimum atomic E-state index is -0.803. The van der Waals surface area contributed by atoms with Crippen LogP contribution in [0.4, 0.5) is 0 Å². The van der Waals surface area contributed by atoms with Gasteiger partial charge in [0.25, 0.3) is 0 Å². The molecule has 0 aliphatic carbocycles. The van der Waals surface area contributed by atoms with Gasteiger partial charge < -0.3 is 28.6 Å². The number of hydrogen-bond acceptors (Lipinski definition) is 7. The van der Waals surface area contributed by atoms with Crippen molar-refractivity contribution in [2.24, 2.45) is 5.92 Å². The average molecular weight is 638 g/mol. The van der Waals surface area contributed by atoms with Gasteiger partial charge in [0.05, 0.1) is 19.3 Å². The van der Waals surface area contributed by atoms with Crippen molar-refractivity contribution in [2.75, 3.05) is 34.2 Å². The van der Waals surface area contributed by atoms with Crippen molar-refractivity contribution in [2.45, 2.75) is 90.1 Å². The monoisotopic (exact) mass is 637 g/mol. The molecule has 1 amide bonds. The van der Waals surface area contributed by atoms with Gasteiger partial charge in [0.15, 0.2) is 0 Å². The fourth-order valence-electron chi connectivity index (χ4n) is 5.14. The molecule has 0 fully saturated rings. The normalized spacial score (nSPS) is 13.7. The highest BCUT2D eigenvalue weighted by Crippen LogP contribution is 2.23. The lowest BCUT2D eigenvalue weighted by Crippen LogP contribution is -2.46. The van der Waals surface area contributed by atoms with E-state index in [0.29, 0.717) is 50.8 Å². The molecule has 0 spiro atoms. The van der Waals surface area contributed by atoms with Crippen LogP contribution < -0.4 is 4.74 Å². The van der Waals surface area contributed by atoms with Crippen LogP contribution >= 0.6 is 0 Å². The van der Waals surface area contributed by atoms with E-state index in [2.05, 4.69) is 27.0 Å². The predicted molar refractivity (Wildman–Crippen MR) is 182 cm³/mol.